The Hall–Kier alpha value is -1.37. The fourth-order valence-electron chi connectivity index (χ4n) is 1.17. The molecular weight excluding hydrogens is 228 g/mol. The van der Waals surface area contributed by atoms with Crippen molar-refractivity contribution < 1.29 is 22.7 Å². The molecule has 0 unspecified atom stereocenters. The van der Waals surface area contributed by atoms with Crippen LogP contribution >= 0.6 is 0 Å². The van der Waals surface area contributed by atoms with Crippen LogP contribution in [0.4, 0.5) is 23.4 Å². The standard InChI is InChI=1S/C9H10F4N2O/c10-7-1-2-8(14-5-7)15(3-4-16)6-9(11,12)13/h1-2,5,16H,3-4,6H2. The van der Waals surface area contributed by atoms with Gasteiger partial charge < -0.3 is 10.0 Å². The summed E-state index contributed by atoms with van der Waals surface area (Å²) in [6.45, 7) is -1.88. The van der Waals surface area contributed by atoms with Crippen LogP contribution in [0.3, 0.4) is 0 Å². The van der Waals surface area contributed by atoms with Gasteiger partial charge in [-0.25, -0.2) is 9.37 Å². The Morgan fingerprint density at radius 1 is 1.31 bits per heavy atom. The fraction of sp³-hybridized carbons (Fsp3) is 0.444. The summed E-state index contributed by atoms with van der Waals surface area (Å²) in [5.41, 5.74) is 0. The molecule has 16 heavy (non-hydrogen) atoms. The van der Waals surface area contributed by atoms with E-state index in [0.717, 1.165) is 23.2 Å². The quantitative estimate of drug-likeness (QED) is 0.809. The number of pyridine rings is 1. The van der Waals surface area contributed by atoms with Gasteiger partial charge in [0, 0.05) is 6.54 Å². The molecule has 7 heteroatoms. The predicted molar refractivity (Wildman–Crippen MR) is 49.5 cm³/mol. The average Bonchev–Trinajstić information content (AvgIpc) is 2.16. The van der Waals surface area contributed by atoms with Gasteiger partial charge >= 0.3 is 6.18 Å². The molecule has 1 aromatic rings. The Balaban J connectivity index is 2.80. The molecule has 0 amide bonds. The SMILES string of the molecule is OCCN(CC(F)(F)F)c1ccc(F)cn1. The lowest BCUT2D eigenvalue weighted by Crippen LogP contribution is -2.36. The second-order valence-corrected chi connectivity index (χ2v) is 3.09. The third-order valence-corrected chi connectivity index (χ3v) is 1.78. The van der Waals surface area contributed by atoms with Crippen LogP contribution in [0, 0.1) is 5.82 Å². The third kappa shape index (κ3) is 4.01. The van der Waals surface area contributed by atoms with E-state index < -0.39 is 25.1 Å². The molecule has 90 valence electrons. The van der Waals surface area contributed by atoms with E-state index in [9.17, 15) is 17.6 Å². The first-order chi connectivity index (χ1) is 7.42. The maximum Gasteiger partial charge on any atom is 0.405 e. The molecule has 0 aliphatic heterocycles. The van der Waals surface area contributed by atoms with Crippen LogP contribution in [-0.2, 0) is 0 Å². The van der Waals surface area contributed by atoms with Crippen LogP contribution in [0.2, 0.25) is 0 Å². The highest BCUT2D eigenvalue weighted by Crippen LogP contribution is 2.20. The van der Waals surface area contributed by atoms with Gasteiger partial charge in [-0.2, -0.15) is 13.2 Å². The van der Waals surface area contributed by atoms with Crippen molar-refractivity contribution in [2.24, 2.45) is 0 Å². The zero-order chi connectivity index (χ0) is 12.2. The first-order valence-corrected chi connectivity index (χ1v) is 4.46. The molecule has 1 aromatic heterocycles. The van der Waals surface area contributed by atoms with Crippen LogP contribution in [0.5, 0.6) is 0 Å². The molecule has 0 fully saturated rings. The fourth-order valence-corrected chi connectivity index (χ4v) is 1.17. The van der Waals surface area contributed by atoms with E-state index in [4.69, 9.17) is 5.11 Å². The summed E-state index contributed by atoms with van der Waals surface area (Å²) in [7, 11) is 0. The molecule has 0 saturated heterocycles. The average molecular weight is 238 g/mol. The molecule has 0 bridgehead atoms. The lowest BCUT2D eigenvalue weighted by molar-refractivity contribution is -0.119. The maximum atomic E-state index is 12.5. The van der Waals surface area contributed by atoms with E-state index in [2.05, 4.69) is 4.98 Å². The van der Waals surface area contributed by atoms with Crippen molar-refractivity contribution in [1.82, 2.24) is 4.98 Å². The van der Waals surface area contributed by atoms with Gasteiger partial charge in [0.15, 0.2) is 0 Å². The number of nitrogens with zero attached hydrogens (tertiary/aromatic N) is 2. The van der Waals surface area contributed by atoms with Gasteiger partial charge in [-0.1, -0.05) is 0 Å². The normalized spacial score (nSPS) is 11.6. The molecule has 0 aliphatic rings. The molecule has 3 nitrogen and oxygen atoms in total. The lowest BCUT2D eigenvalue weighted by atomic mass is 10.4. The van der Waals surface area contributed by atoms with Crippen LogP contribution in [-0.4, -0.2) is 36.0 Å². The van der Waals surface area contributed by atoms with Gasteiger partial charge in [0.05, 0.1) is 12.8 Å². The van der Waals surface area contributed by atoms with Crippen LogP contribution in [0.15, 0.2) is 18.3 Å². The molecular formula is C9H10F4N2O. The molecule has 1 heterocycles. The topological polar surface area (TPSA) is 36.4 Å². The van der Waals surface area contributed by atoms with Crippen molar-refractivity contribution in [2.45, 2.75) is 6.18 Å². The highest BCUT2D eigenvalue weighted by atomic mass is 19.4. The molecule has 1 N–H and O–H groups in total. The van der Waals surface area contributed by atoms with E-state index in [1.165, 1.54) is 0 Å². The van der Waals surface area contributed by atoms with E-state index >= 15 is 0 Å². The molecule has 0 spiro atoms. The minimum atomic E-state index is -4.40. The predicted octanol–water partition coefficient (Wildman–Crippen LogP) is 1.58. The number of halogens is 4. The first kappa shape index (κ1) is 12.7. The minimum Gasteiger partial charge on any atom is -0.395 e. The molecule has 0 radical (unpaired) electrons. The number of anilines is 1. The molecule has 0 aromatic carbocycles. The third-order valence-electron chi connectivity index (χ3n) is 1.78. The monoisotopic (exact) mass is 238 g/mol. The van der Waals surface area contributed by atoms with E-state index in [-0.39, 0.29) is 12.4 Å². The van der Waals surface area contributed by atoms with Gasteiger partial charge in [-0.15, -0.1) is 0 Å². The number of alkyl halides is 3. The number of rotatable bonds is 4. The van der Waals surface area contributed by atoms with Crippen molar-refractivity contribution in [3.63, 3.8) is 0 Å². The van der Waals surface area contributed by atoms with Crippen molar-refractivity contribution in [1.29, 1.82) is 0 Å². The van der Waals surface area contributed by atoms with Crippen molar-refractivity contribution in [3.8, 4) is 0 Å². The highest BCUT2D eigenvalue weighted by molar-refractivity contribution is 5.38. The molecule has 0 aliphatic carbocycles. The molecule has 1 rings (SSSR count). The minimum absolute atomic E-state index is 0.0206. The highest BCUT2D eigenvalue weighted by Gasteiger charge is 2.31. The Labute approximate surface area is 89.3 Å². The summed E-state index contributed by atoms with van der Waals surface area (Å²) >= 11 is 0. The maximum absolute atomic E-state index is 12.5. The molecule has 0 saturated carbocycles. The number of aromatic nitrogens is 1. The van der Waals surface area contributed by atoms with Crippen molar-refractivity contribution in [3.05, 3.63) is 24.1 Å². The van der Waals surface area contributed by atoms with Gasteiger partial charge in [-0.05, 0) is 12.1 Å². The number of hydrogen-bond donors (Lipinski definition) is 1. The zero-order valence-corrected chi connectivity index (χ0v) is 8.21. The second kappa shape index (κ2) is 5.11. The van der Waals surface area contributed by atoms with Gasteiger partial charge in [-0.3, -0.25) is 0 Å². The number of aliphatic hydroxyl groups excluding tert-OH is 1. The number of aliphatic hydroxyl groups is 1. The summed E-state index contributed by atoms with van der Waals surface area (Å²) in [4.78, 5) is 4.35. The van der Waals surface area contributed by atoms with Crippen LogP contribution in [0.25, 0.3) is 0 Å². The zero-order valence-electron chi connectivity index (χ0n) is 8.21. The van der Waals surface area contributed by atoms with E-state index in [1.54, 1.807) is 0 Å². The Bertz CT molecular complexity index is 325. The Morgan fingerprint density at radius 3 is 2.44 bits per heavy atom. The van der Waals surface area contributed by atoms with Crippen LogP contribution in [0.1, 0.15) is 0 Å². The van der Waals surface area contributed by atoms with Crippen molar-refractivity contribution in [2.75, 3.05) is 24.6 Å². The largest absolute Gasteiger partial charge is 0.405 e. The van der Waals surface area contributed by atoms with Crippen LogP contribution < -0.4 is 4.90 Å². The van der Waals surface area contributed by atoms with Crippen molar-refractivity contribution >= 4 is 5.82 Å². The summed E-state index contributed by atoms with van der Waals surface area (Å²) < 4.78 is 49.0. The Morgan fingerprint density at radius 2 is 2.00 bits per heavy atom. The smallest absolute Gasteiger partial charge is 0.395 e. The summed E-state index contributed by atoms with van der Waals surface area (Å²) in [6, 6.07) is 2.15. The van der Waals surface area contributed by atoms with Gasteiger partial charge in [0.25, 0.3) is 0 Å². The summed E-state index contributed by atoms with van der Waals surface area (Å²) in [6.07, 6.45) is -3.57. The molecule has 0 atom stereocenters. The first-order valence-electron chi connectivity index (χ1n) is 4.46. The Kier molecular flexibility index (Phi) is 4.05. The number of hydrogen-bond acceptors (Lipinski definition) is 3. The lowest BCUT2D eigenvalue weighted by Gasteiger charge is -2.23. The van der Waals surface area contributed by atoms with Gasteiger partial charge in [0.2, 0.25) is 0 Å². The summed E-state index contributed by atoms with van der Waals surface area (Å²) in [5, 5.41) is 8.64. The summed E-state index contributed by atoms with van der Waals surface area (Å²) in [5.74, 6) is -0.646. The van der Waals surface area contributed by atoms with E-state index in [0.29, 0.717) is 0 Å². The van der Waals surface area contributed by atoms with Gasteiger partial charge in [0.1, 0.15) is 18.2 Å². The second-order valence-electron chi connectivity index (χ2n) is 3.09. The van der Waals surface area contributed by atoms with E-state index in [1.807, 2.05) is 0 Å².